The first-order valence-electron chi connectivity index (χ1n) is 5.20. The number of likely N-dealkylation sites (N-methyl/N-ethyl adjacent to an activating group) is 2. The van der Waals surface area contributed by atoms with Crippen LogP contribution in [0.25, 0.3) is 0 Å². The maximum Gasteiger partial charge on any atom is 0.270 e. The highest BCUT2D eigenvalue weighted by Gasteiger charge is 2.14. The minimum absolute atomic E-state index is 0. The molecule has 0 saturated carbocycles. The molecule has 1 aromatic rings. The fourth-order valence-corrected chi connectivity index (χ4v) is 1.35. The minimum atomic E-state index is -0.510. The van der Waals surface area contributed by atoms with Crippen LogP contribution >= 0.6 is 12.4 Å². The van der Waals surface area contributed by atoms with Gasteiger partial charge in [-0.2, -0.15) is 0 Å². The molecule has 0 aliphatic rings. The van der Waals surface area contributed by atoms with Gasteiger partial charge in [0.25, 0.3) is 11.6 Å². The number of nitro groups is 1. The molecule has 1 aromatic carbocycles. The lowest BCUT2D eigenvalue weighted by atomic mass is 10.2. The first-order valence-corrected chi connectivity index (χ1v) is 5.20. The average Bonchev–Trinajstić information content (AvgIpc) is 2.35. The van der Waals surface area contributed by atoms with Crippen LogP contribution in [0.15, 0.2) is 24.3 Å². The van der Waals surface area contributed by atoms with Gasteiger partial charge in [-0.1, -0.05) is 6.07 Å². The summed E-state index contributed by atoms with van der Waals surface area (Å²) in [5.74, 6) is -0.219. The summed E-state index contributed by atoms with van der Waals surface area (Å²) >= 11 is 0. The molecule has 0 unspecified atom stereocenters. The third-order valence-corrected chi connectivity index (χ3v) is 2.35. The van der Waals surface area contributed by atoms with Crippen molar-refractivity contribution in [1.29, 1.82) is 0 Å². The smallest absolute Gasteiger partial charge is 0.270 e. The highest BCUT2D eigenvalue weighted by Crippen LogP contribution is 2.14. The van der Waals surface area contributed by atoms with Crippen molar-refractivity contribution in [2.45, 2.75) is 0 Å². The Bertz CT molecular complexity index is 426. The van der Waals surface area contributed by atoms with E-state index in [1.54, 1.807) is 20.2 Å². The third-order valence-electron chi connectivity index (χ3n) is 2.35. The Morgan fingerprint density at radius 2 is 2.17 bits per heavy atom. The van der Waals surface area contributed by atoms with Gasteiger partial charge in [0.05, 0.1) is 4.92 Å². The number of rotatable bonds is 5. The number of hydrogen-bond acceptors (Lipinski definition) is 4. The van der Waals surface area contributed by atoms with E-state index < -0.39 is 4.92 Å². The molecule has 0 fully saturated rings. The molecule has 18 heavy (non-hydrogen) atoms. The van der Waals surface area contributed by atoms with Gasteiger partial charge in [0.15, 0.2) is 0 Å². The first-order chi connectivity index (χ1) is 8.06. The number of nitrogens with one attached hydrogen (secondary N) is 1. The molecule has 0 spiro atoms. The number of amides is 1. The maximum absolute atomic E-state index is 11.9. The topological polar surface area (TPSA) is 75.5 Å². The van der Waals surface area contributed by atoms with Crippen LogP contribution in [0.5, 0.6) is 0 Å². The van der Waals surface area contributed by atoms with E-state index in [1.165, 1.54) is 23.1 Å². The van der Waals surface area contributed by atoms with Gasteiger partial charge in [0, 0.05) is 37.8 Å². The van der Waals surface area contributed by atoms with Crippen LogP contribution in [-0.4, -0.2) is 42.9 Å². The normalized spacial score (nSPS) is 9.44. The lowest BCUT2D eigenvalue weighted by Gasteiger charge is -2.16. The molecule has 0 radical (unpaired) electrons. The number of carbonyl (C=O) groups excluding carboxylic acids is 1. The molecular weight excluding hydrogens is 258 g/mol. The van der Waals surface area contributed by atoms with Gasteiger partial charge in [-0.3, -0.25) is 14.9 Å². The van der Waals surface area contributed by atoms with Gasteiger partial charge in [-0.05, 0) is 13.1 Å². The van der Waals surface area contributed by atoms with Crippen LogP contribution in [0.1, 0.15) is 10.4 Å². The van der Waals surface area contributed by atoms with Crippen molar-refractivity contribution in [2.75, 3.05) is 27.2 Å². The van der Waals surface area contributed by atoms with Gasteiger partial charge in [-0.15, -0.1) is 12.4 Å². The summed E-state index contributed by atoms with van der Waals surface area (Å²) < 4.78 is 0. The van der Waals surface area contributed by atoms with Crippen molar-refractivity contribution in [3.05, 3.63) is 39.9 Å². The van der Waals surface area contributed by atoms with E-state index in [0.717, 1.165) is 0 Å². The van der Waals surface area contributed by atoms with Gasteiger partial charge in [0.2, 0.25) is 0 Å². The molecule has 0 bridgehead atoms. The summed E-state index contributed by atoms with van der Waals surface area (Å²) in [6.07, 6.45) is 0. The molecule has 0 aromatic heterocycles. The van der Waals surface area contributed by atoms with Crippen LogP contribution in [0.4, 0.5) is 5.69 Å². The Kier molecular flexibility index (Phi) is 6.92. The number of hydrogen-bond donors (Lipinski definition) is 1. The molecule has 0 atom stereocenters. The molecular formula is C11H16ClN3O3. The van der Waals surface area contributed by atoms with Crippen LogP contribution in [0, 0.1) is 10.1 Å². The summed E-state index contributed by atoms with van der Waals surface area (Å²) in [4.78, 5) is 23.5. The van der Waals surface area contributed by atoms with Crippen molar-refractivity contribution in [1.82, 2.24) is 10.2 Å². The zero-order valence-electron chi connectivity index (χ0n) is 10.3. The van der Waals surface area contributed by atoms with Crippen LogP contribution in [0.3, 0.4) is 0 Å². The standard InChI is InChI=1S/C11H15N3O3.ClH/c1-12-6-7-13(2)11(15)9-4-3-5-10(8-9)14(16)17;/h3-5,8,12H,6-7H2,1-2H3;1H. The Morgan fingerprint density at radius 3 is 2.72 bits per heavy atom. The Morgan fingerprint density at radius 1 is 1.50 bits per heavy atom. The van der Waals surface area contributed by atoms with Crippen molar-refractivity contribution < 1.29 is 9.72 Å². The van der Waals surface area contributed by atoms with E-state index in [9.17, 15) is 14.9 Å². The fourth-order valence-electron chi connectivity index (χ4n) is 1.35. The molecule has 7 heteroatoms. The Balaban J connectivity index is 0.00000289. The van der Waals surface area contributed by atoms with Crippen LogP contribution < -0.4 is 5.32 Å². The van der Waals surface area contributed by atoms with Gasteiger partial charge < -0.3 is 10.2 Å². The largest absolute Gasteiger partial charge is 0.340 e. The number of carbonyl (C=O) groups is 1. The predicted molar refractivity (Wildman–Crippen MR) is 71.2 cm³/mol. The van der Waals surface area contributed by atoms with Gasteiger partial charge in [-0.25, -0.2) is 0 Å². The molecule has 1 rings (SSSR count). The summed E-state index contributed by atoms with van der Waals surface area (Å²) in [5, 5.41) is 13.5. The Labute approximate surface area is 112 Å². The second-order valence-electron chi connectivity index (χ2n) is 3.64. The van der Waals surface area contributed by atoms with E-state index in [4.69, 9.17) is 0 Å². The minimum Gasteiger partial charge on any atom is -0.340 e. The number of nitro benzene ring substituents is 1. The van der Waals surface area contributed by atoms with E-state index >= 15 is 0 Å². The zero-order chi connectivity index (χ0) is 12.8. The molecule has 1 amide bonds. The Hall–Kier alpha value is -1.66. The third kappa shape index (κ3) is 4.31. The number of benzene rings is 1. The van der Waals surface area contributed by atoms with Crippen LogP contribution in [0.2, 0.25) is 0 Å². The summed E-state index contributed by atoms with van der Waals surface area (Å²) in [6, 6.07) is 5.74. The molecule has 0 aliphatic carbocycles. The van der Waals surface area contributed by atoms with Crippen molar-refractivity contribution in [3.63, 3.8) is 0 Å². The second-order valence-corrected chi connectivity index (χ2v) is 3.64. The molecule has 6 nitrogen and oxygen atoms in total. The SMILES string of the molecule is CNCCN(C)C(=O)c1cccc([N+](=O)[O-])c1.Cl. The molecule has 0 heterocycles. The van der Waals surface area contributed by atoms with Gasteiger partial charge >= 0.3 is 0 Å². The second kappa shape index (κ2) is 7.62. The number of non-ortho nitro benzene ring substituents is 1. The molecule has 100 valence electrons. The van der Waals surface area contributed by atoms with Crippen molar-refractivity contribution in [3.8, 4) is 0 Å². The average molecular weight is 274 g/mol. The maximum atomic E-state index is 11.9. The lowest BCUT2D eigenvalue weighted by molar-refractivity contribution is -0.384. The summed E-state index contributed by atoms with van der Waals surface area (Å²) in [7, 11) is 3.46. The molecule has 0 aliphatic heterocycles. The highest BCUT2D eigenvalue weighted by molar-refractivity contribution is 5.94. The molecule has 1 N–H and O–H groups in total. The molecule has 0 saturated heterocycles. The first kappa shape index (κ1) is 16.3. The van der Waals surface area contributed by atoms with E-state index in [-0.39, 0.29) is 24.0 Å². The lowest BCUT2D eigenvalue weighted by Crippen LogP contribution is -2.32. The van der Waals surface area contributed by atoms with Crippen molar-refractivity contribution >= 4 is 24.0 Å². The monoisotopic (exact) mass is 273 g/mol. The zero-order valence-corrected chi connectivity index (χ0v) is 11.1. The van der Waals surface area contributed by atoms with E-state index in [2.05, 4.69) is 5.32 Å². The number of halogens is 1. The van der Waals surface area contributed by atoms with Crippen LogP contribution in [-0.2, 0) is 0 Å². The highest BCUT2D eigenvalue weighted by atomic mass is 35.5. The fraction of sp³-hybridized carbons (Fsp3) is 0.364. The summed E-state index contributed by atoms with van der Waals surface area (Å²) in [6.45, 7) is 1.23. The van der Waals surface area contributed by atoms with Crippen molar-refractivity contribution in [2.24, 2.45) is 0 Å². The number of nitrogens with zero attached hydrogens (tertiary/aromatic N) is 2. The van der Waals surface area contributed by atoms with Gasteiger partial charge in [0.1, 0.15) is 0 Å². The quantitative estimate of drug-likeness (QED) is 0.648. The van der Waals surface area contributed by atoms with E-state index in [0.29, 0.717) is 18.7 Å². The summed E-state index contributed by atoms with van der Waals surface area (Å²) in [5.41, 5.74) is 0.260. The predicted octanol–water partition coefficient (Wildman–Crippen LogP) is 1.31. The van der Waals surface area contributed by atoms with E-state index in [1.807, 2.05) is 0 Å².